The molecule has 2 amide bonds. The van der Waals surface area contributed by atoms with Crippen LogP contribution in [0.3, 0.4) is 0 Å². The van der Waals surface area contributed by atoms with Crippen molar-refractivity contribution in [1.29, 1.82) is 0 Å². The number of halogens is 1. The highest BCUT2D eigenvalue weighted by Crippen LogP contribution is 2.36. The first-order valence-corrected chi connectivity index (χ1v) is 13.0. The van der Waals surface area contributed by atoms with Crippen LogP contribution in [-0.2, 0) is 6.54 Å². The molecule has 1 N–H and O–H groups in total. The molecule has 0 saturated carbocycles. The third-order valence-corrected chi connectivity index (χ3v) is 7.53. The smallest absolute Gasteiger partial charge is 0.320 e. The average molecular weight is 499 g/mol. The fourth-order valence-corrected chi connectivity index (χ4v) is 5.73. The number of carbonyl (C=O) groups excluding carboxylic acids is 1. The number of rotatable bonds is 2. The van der Waals surface area contributed by atoms with Crippen molar-refractivity contribution < 1.29 is 13.9 Å². The van der Waals surface area contributed by atoms with Crippen molar-refractivity contribution in [3.63, 3.8) is 0 Å². The highest BCUT2D eigenvalue weighted by molar-refractivity contribution is 5.82. The summed E-state index contributed by atoms with van der Waals surface area (Å²) in [4.78, 5) is 25.6. The van der Waals surface area contributed by atoms with Crippen molar-refractivity contribution in [2.45, 2.75) is 45.7 Å². The number of likely N-dealkylation sites (tertiary alicyclic amines) is 1. The molecule has 7 heteroatoms. The van der Waals surface area contributed by atoms with Crippen molar-refractivity contribution in [2.75, 3.05) is 19.7 Å². The Labute approximate surface area is 216 Å². The minimum absolute atomic E-state index is 0.0166. The second-order valence-electron chi connectivity index (χ2n) is 10.1. The van der Waals surface area contributed by atoms with Gasteiger partial charge in [0.1, 0.15) is 24.0 Å². The summed E-state index contributed by atoms with van der Waals surface area (Å²) in [6.07, 6.45) is 2.92. The van der Waals surface area contributed by atoms with Gasteiger partial charge in [-0.15, -0.1) is 0 Å². The number of nitrogens with zero attached hydrogens (tertiary/aromatic N) is 3. The lowest BCUT2D eigenvalue weighted by Crippen LogP contribution is -2.47. The fraction of sp³-hybridized carbons (Fsp3) is 0.333. The zero-order valence-electron chi connectivity index (χ0n) is 21.3. The third kappa shape index (κ3) is 4.54. The van der Waals surface area contributed by atoms with E-state index in [-0.39, 0.29) is 17.9 Å². The molecule has 1 saturated heterocycles. The number of hydrogen-bond donors (Lipinski definition) is 1. The van der Waals surface area contributed by atoms with Gasteiger partial charge in [-0.2, -0.15) is 0 Å². The summed E-state index contributed by atoms with van der Waals surface area (Å²) in [5.74, 6) is 1.50. The molecule has 1 atom stereocenters. The predicted octanol–water partition coefficient (Wildman–Crippen LogP) is 6.53. The van der Waals surface area contributed by atoms with E-state index in [2.05, 4.69) is 41.2 Å². The Morgan fingerprint density at radius 1 is 1.03 bits per heavy atom. The van der Waals surface area contributed by atoms with Crippen molar-refractivity contribution in [2.24, 2.45) is 0 Å². The van der Waals surface area contributed by atoms with Gasteiger partial charge in [0.05, 0.1) is 30.2 Å². The van der Waals surface area contributed by atoms with Crippen molar-refractivity contribution >= 4 is 17.1 Å². The zero-order valence-corrected chi connectivity index (χ0v) is 21.3. The van der Waals surface area contributed by atoms with E-state index >= 15 is 0 Å². The Hall–Kier alpha value is -3.87. The molecule has 6 rings (SSSR count). The maximum Gasteiger partial charge on any atom is 0.320 e. The number of aromatic nitrogens is 2. The van der Waals surface area contributed by atoms with Crippen LogP contribution in [0.25, 0.3) is 22.2 Å². The SMILES string of the molecule is Cc1nc2ccc(-c3cc(C)c4c(c3)CN(C(=O)N3CCCCC3c3ccc(F)cc3)CCO4)cc2[nH]1. The van der Waals surface area contributed by atoms with Gasteiger partial charge in [-0.1, -0.05) is 18.2 Å². The maximum absolute atomic E-state index is 13.9. The van der Waals surface area contributed by atoms with Crippen molar-refractivity contribution in [3.05, 3.63) is 82.9 Å². The molecule has 3 aromatic carbocycles. The van der Waals surface area contributed by atoms with E-state index in [9.17, 15) is 9.18 Å². The number of aromatic amines is 1. The van der Waals surface area contributed by atoms with Gasteiger partial charge in [-0.05, 0) is 91.8 Å². The molecule has 37 heavy (non-hydrogen) atoms. The van der Waals surface area contributed by atoms with Gasteiger partial charge in [0.2, 0.25) is 0 Å². The van der Waals surface area contributed by atoms with Crippen LogP contribution in [0.5, 0.6) is 5.75 Å². The summed E-state index contributed by atoms with van der Waals surface area (Å²) in [6.45, 7) is 6.18. The Kier molecular flexibility index (Phi) is 6.07. The Morgan fingerprint density at radius 3 is 2.70 bits per heavy atom. The molecule has 0 aliphatic carbocycles. The standard InChI is InChI=1S/C30H31FN4O2/c1-19-15-23(22-8-11-26-27(17-22)33-20(2)32-26)16-24-18-34(13-14-37-29(19)24)30(36)35-12-4-3-5-28(35)21-6-9-25(31)10-7-21/h6-11,15-17,28H,3-5,12-14,18H2,1-2H3,(H,32,33). The molecule has 1 aromatic heterocycles. The largest absolute Gasteiger partial charge is 0.491 e. The number of imidazole rings is 1. The average Bonchev–Trinajstić information content (AvgIpc) is 3.14. The van der Waals surface area contributed by atoms with Gasteiger partial charge < -0.3 is 19.5 Å². The molecule has 2 aliphatic heterocycles. The first kappa shape index (κ1) is 23.5. The van der Waals surface area contributed by atoms with Crippen LogP contribution < -0.4 is 4.74 Å². The van der Waals surface area contributed by atoms with E-state index in [4.69, 9.17) is 4.74 Å². The van der Waals surface area contributed by atoms with Crippen molar-refractivity contribution in [1.82, 2.24) is 19.8 Å². The van der Waals surface area contributed by atoms with Gasteiger partial charge in [0.15, 0.2) is 0 Å². The Morgan fingerprint density at radius 2 is 1.86 bits per heavy atom. The number of nitrogens with one attached hydrogen (secondary N) is 1. The van der Waals surface area contributed by atoms with Crippen LogP contribution in [0.2, 0.25) is 0 Å². The summed E-state index contributed by atoms with van der Waals surface area (Å²) < 4.78 is 19.7. The Bertz CT molecular complexity index is 1460. The lowest BCUT2D eigenvalue weighted by molar-refractivity contribution is 0.110. The van der Waals surface area contributed by atoms with E-state index in [0.717, 1.165) is 69.7 Å². The van der Waals surface area contributed by atoms with Crippen LogP contribution in [0, 0.1) is 19.7 Å². The Balaban J connectivity index is 1.30. The summed E-state index contributed by atoms with van der Waals surface area (Å²) in [7, 11) is 0. The van der Waals surface area contributed by atoms with E-state index < -0.39 is 0 Å². The number of H-pyrrole nitrogens is 1. The second kappa shape index (κ2) is 9.54. The maximum atomic E-state index is 13.9. The predicted molar refractivity (Wildman–Crippen MR) is 142 cm³/mol. The highest BCUT2D eigenvalue weighted by atomic mass is 19.1. The fourth-order valence-electron chi connectivity index (χ4n) is 5.73. The van der Waals surface area contributed by atoms with Gasteiger partial charge in [0, 0.05) is 12.1 Å². The number of ether oxygens (including phenoxy) is 1. The number of fused-ring (bicyclic) bond motifs is 2. The van der Waals surface area contributed by atoms with Gasteiger partial charge >= 0.3 is 6.03 Å². The summed E-state index contributed by atoms with van der Waals surface area (Å²) in [5.41, 5.74) is 7.20. The molecule has 0 spiro atoms. The van der Waals surface area contributed by atoms with E-state index in [1.54, 1.807) is 12.1 Å². The molecule has 190 valence electrons. The van der Waals surface area contributed by atoms with Crippen LogP contribution in [0.1, 0.15) is 47.8 Å². The third-order valence-electron chi connectivity index (χ3n) is 7.53. The summed E-state index contributed by atoms with van der Waals surface area (Å²) >= 11 is 0. The number of hydrogen-bond acceptors (Lipinski definition) is 3. The number of urea groups is 1. The number of aryl methyl sites for hydroxylation is 2. The quantitative estimate of drug-likeness (QED) is 0.342. The first-order valence-electron chi connectivity index (χ1n) is 13.0. The van der Waals surface area contributed by atoms with Crippen LogP contribution in [0.4, 0.5) is 9.18 Å². The minimum Gasteiger partial charge on any atom is -0.491 e. The summed E-state index contributed by atoms with van der Waals surface area (Å²) in [5, 5.41) is 0. The monoisotopic (exact) mass is 498 g/mol. The second-order valence-corrected chi connectivity index (χ2v) is 10.1. The van der Waals surface area contributed by atoms with E-state index in [1.807, 2.05) is 22.8 Å². The molecular weight excluding hydrogens is 467 g/mol. The van der Waals surface area contributed by atoms with Crippen LogP contribution in [0.15, 0.2) is 54.6 Å². The van der Waals surface area contributed by atoms with E-state index in [0.29, 0.717) is 26.2 Å². The lowest BCUT2D eigenvalue weighted by atomic mass is 9.95. The highest BCUT2D eigenvalue weighted by Gasteiger charge is 2.32. The number of piperidine rings is 1. The van der Waals surface area contributed by atoms with Gasteiger partial charge in [-0.25, -0.2) is 14.2 Å². The molecule has 2 aliphatic rings. The topological polar surface area (TPSA) is 61.5 Å². The normalized spacial score (nSPS) is 17.9. The number of carbonyl (C=O) groups is 1. The minimum atomic E-state index is -0.258. The molecule has 1 unspecified atom stereocenters. The zero-order chi connectivity index (χ0) is 25.5. The number of amides is 2. The molecule has 4 aromatic rings. The summed E-state index contributed by atoms with van der Waals surface area (Å²) in [6, 6.07) is 17.1. The number of benzene rings is 3. The van der Waals surface area contributed by atoms with Crippen molar-refractivity contribution in [3.8, 4) is 16.9 Å². The molecule has 6 nitrogen and oxygen atoms in total. The van der Waals surface area contributed by atoms with Gasteiger partial charge in [-0.3, -0.25) is 0 Å². The molecule has 3 heterocycles. The molecule has 1 fully saturated rings. The lowest BCUT2D eigenvalue weighted by Gasteiger charge is -2.39. The van der Waals surface area contributed by atoms with Gasteiger partial charge in [0.25, 0.3) is 0 Å². The molecule has 0 radical (unpaired) electrons. The van der Waals surface area contributed by atoms with E-state index in [1.165, 1.54) is 12.1 Å². The van der Waals surface area contributed by atoms with Crippen LogP contribution >= 0.6 is 0 Å². The first-order chi connectivity index (χ1) is 18.0. The molecule has 0 bridgehead atoms. The van der Waals surface area contributed by atoms with Crippen LogP contribution in [-0.4, -0.2) is 45.5 Å². The molecular formula is C30H31FN4O2.